The summed E-state index contributed by atoms with van der Waals surface area (Å²) >= 11 is 0. The molecule has 2 aliphatic rings. The van der Waals surface area contributed by atoms with E-state index < -0.39 is 0 Å². The first kappa shape index (κ1) is 12.0. The molecule has 2 nitrogen and oxygen atoms in total. The average molecular weight is 245 g/mol. The van der Waals surface area contributed by atoms with Gasteiger partial charge in [0.05, 0.1) is 6.10 Å². The third kappa shape index (κ3) is 2.39. The molecule has 3 atom stereocenters. The topological polar surface area (TPSA) is 35.2 Å². The van der Waals surface area contributed by atoms with Gasteiger partial charge in [0.15, 0.2) is 0 Å². The highest BCUT2D eigenvalue weighted by Crippen LogP contribution is 2.33. The van der Waals surface area contributed by atoms with E-state index in [4.69, 9.17) is 10.5 Å². The standard InChI is InChI=1S/C16H23NO/c1-11-3-2-4-13(9-11)18-14-6-7-15-12(10-14)5-8-16(15)17/h6-7,10-11,13,16H,2-5,8-9,17H2,1H3. The Morgan fingerprint density at radius 2 is 2.11 bits per heavy atom. The first-order valence-electron chi connectivity index (χ1n) is 7.27. The van der Waals surface area contributed by atoms with Gasteiger partial charge in [-0.3, -0.25) is 0 Å². The molecule has 2 N–H and O–H groups in total. The van der Waals surface area contributed by atoms with Crippen molar-refractivity contribution in [3.05, 3.63) is 29.3 Å². The van der Waals surface area contributed by atoms with Crippen LogP contribution in [0.3, 0.4) is 0 Å². The Morgan fingerprint density at radius 3 is 2.94 bits per heavy atom. The summed E-state index contributed by atoms with van der Waals surface area (Å²) in [6, 6.07) is 6.71. The fourth-order valence-corrected chi connectivity index (χ4v) is 3.38. The van der Waals surface area contributed by atoms with E-state index in [9.17, 15) is 0 Å². The molecule has 0 aliphatic heterocycles. The van der Waals surface area contributed by atoms with E-state index >= 15 is 0 Å². The Balaban J connectivity index is 1.70. The lowest BCUT2D eigenvalue weighted by Crippen LogP contribution is -2.24. The molecule has 3 rings (SSSR count). The minimum atomic E-state index is 0.240. The molecule has 0 amide bonds. The number of fused-ring (bicyclic) bond motifs is 1. The van der Waals surface area contributed by atoms with Crippen molar-refractivity contribution in [3.63, 3.8) is 0 Å². The van der Waals surface area contributed by atoms with Crippen LogP contribution in [-0.4, -0.2) is 6.10 Å². The maximum Gasteiger partial charge on any atom is 0.120 e. The van der Waals surface area contributed by atoms with Crippen LogP contribution in [0.4, 0.5) is 0 Å². The summed E-state index contributed by atoms with van der Waals surface area (Å²) in [7, 11) is 0. The number of nitrogens with two attached hydrogens (primary N) is 1. The van der Waals surface area contributed by atoms with Gasteiger partial charge < -0.3 is 10.5 Å². The summed E-state index contributed by atoms with van der Waals surface area (Å²) in [5, 5.41) is 0. The monoisotopic (exact) mass is 245 g/mol. The molecule has 0 bridgehead atoms. The van der Waals surface area contributed by atoms with E-state index in [2.05, 4.69) is 25.1 Å². The van der Waals surface area contributed by atoms with Crippen molar-refractivity contribution < 1.29 is 4.74 Å². The second kappa shape index (κ2) is 4.93. The molecular formula is C16H23NO. The summed E-state index contributed by atoms with van der Waals surface area (Å²) in [4.78, 5) is 0. The molecule has 0 aromatic heterocycles. The Morgan fingerprint density at radius 1 is 1.22 bits per heavy atom. The Hall–Kier alpha value is -1.02. The number of ether oxygens (including phenoxy) is 1. The summed E-state index contributed by atoms with van der Waals surface area (Å²) in [6.07, 6.45) is 7.69. The van der Waals surface area contributed by atoms with E-state index in [1.807, 2.05) is 0 Å². The van der Waals surface area contributed by atoms with E-state index in [-0.39, 0.29) is 6.04 Å². The van der Waals surface area contributed by atoms with Gasteiger partial charge in [-0.25, -0.2) is 0 Å². The molecule has 0 spiro atoms. The van der Waals surface area contributed by atoms with Crippen LogP contribution >= 0.6 is 0 Å². The van der Waals surface area contributed by atoms with Crippen LogP contribution in [0, 0.1) is 5.92 Å². The van der Waals surface area contributed by atoms with Crippen LogP contribution in [-0.2, 0) is 6.42 Å². The van der Waals surface area contributed by atoms with Gasteiger partial charge in [0.1, 0.15) is 5.75 Å². The van der Waals surface area contributed by atoms with Crippen molar-refractivity contribution in [1.82, 2.24) is 0 Å². The fourth-order valence-electron chi connectivity index (χ4n) is 3.38. The molecule has 2 aliphatic carbocycles. The largest absolute Gasteiger partial charge is 0.490 e. The summed E-state index contributed by atoms with van der Waals surface area (Å²) < 4.78 is 6.15. The number of aryl methyl sites for hydroxylation is 1. The fraction of sp³-hybridized carbons (Fsp3) is 0.625. The van der Waals surface area contributed by atoms with Crippen molar-refractivity contribution in [2.24, 2.45) is 11.7 Å². The number of hydrogen-bond acceptors (Lipinski definition) is 2. The van der Waals surface area contributed by atoms with Gasteiger partial charge in [-0.15, -0.1) is 0 Å². The molecular weight excluding hydrogens is 222 g/mol. The summed E-state index contributed by atoms with van der Waals surface area (Å²) in [5.41, 5.74) is 8.77. The molecule has 98 valence electrons. The van der Waals surface area contributed by atoms with Crippen LogP contribution in [0.15, 0.2) is 18.2 Å². The highest BCUT2D eigenvalue weighted by molar-refractivity contribution is 5.40. The molecule has 1 saturated carbocycles. The van der Waals surface area contributed by atoms with Gasteiger partial charge in [0.25, 0.3) is 0 Å². The molecule has 1 fully saturated rings. The SMILES string of the molecule is CC1CCCC(Oc2ccc3c(c2)CCC3N)C1. The highest BCUT2D eigenvalue weighted by atomic mass is 16.5. The molecule has 18 heavy (non-hydrogen) atoms. The van der Waals surface area contributed by atoms with E-state index in [1.54, 1.807) is 0 Å². The molecule has 0 saturated heterocycles. The van der Waals surface area contributed by atoms with E-state index in [0.29, 0.717) is 6.10 Å². The van der Waals surface area contributed by atoms with Gasteiger partial charge >= 0.3 is 0 Å². The maximum absolute atomic E-state index is 6.15. The maximum atomic E-state index is 6.15. The Bertz CT molecular complexity index is 429. The Labute approximate surface area is 110 Å². The average Bonchev–Trinajstić information content (AvgIpc) is 2.71. The predicted molar refractivity (Wildman–Crippen MR) is 73.7 cm³/mol. The molecule has 1 aromatic carbocycles. The van der Waals surface area contributed by atoms with Gasteiger partial charge in [-0.1, -0.05) is 19.4 Å². The smallest absolute Gasteiger partial charge is 0.120 e. The van der Waals surface area contributed by atoms with E-state index in [1.165, 1.54) is 36.8 Å². The highest BCUT2D eigenvalue weighted by Gasteiger charge is 2.22. The molecule has 2 heteroatoms. The zero-order valence-corrected chi connectivity index (χ0v) is 11.2. The second-order valence-corrected chi connectivity index (χ2v) is 6.02. The lowest BCUT2D eigenvalue weighted by molar-refractivity contribution is 0.129. The first-order chi connectivity index (χ1) is 8.72. The second-order valence-electron chi connectivity index (χ2n) is 6.02. The minimum absolute atomic E-state index is 0.240. The van der Waals surface area contributed by atoms with Gasteiger partial charge in [0, 0.05) is 6.04 Å². The van der Waals surface area contributed by atoms with Crippen molar-refractivity contribution in [2.45, 2.75) is 57.6 Å². The molecule has 0 heterocycles. The van der Waals surface area contributed by atoms with Crippen molar-refractivity contribution >= 4 is 0 Å². The van der Waals surface area contributed by atoms with Crippen molar-refractivity contribution in [3.8, 4) is 5.75 Å². The summed E-state index contributed by atoms with van der Waals surface area (Å²) in [6.45, 7) is 2.33. The Kier molecular flexibility index (Phi) is 3.29. The molecule has 1 aromatic rings. The van der Waals surface area contributed by atoms with Gasteiger partial charge in [-0.2, -0.15) is 0 Å². The lowest BCUT2D eigenvalue weighted by Gasteiger charge is -2.27. The third-order valence-corrected chi connectivity index (χ3v) is 4.43. The van der Waals surface area contributed by atoms with Crippen LogP contribution in [0.5, 0.6) is 5.75 Å². The predicted octanol–water partition coefficient (Wildman–Crippen LogP) is 3.59. The zero-order valence-electron chi connectivity index (χ0n) is 11.2. The quantitative estimate of drug-likeness (QED) is 0.864. The van der Waals surface area contributed by atoms with Crippen molar-refractivity contribution in [2.75, 3.05) is 0 Å². The van der Waals surface area contributed by atoms with Crippen molar-refractivity contribution in [1.29, 1.82) is 0 Å². The number of hydrogen-bond donors (Lipinski definition) is 1. The first-order valence-corrected chi connectivity index (χ1v) is 7.27. The summed E-state index contributed by atoms with van der Waals surface area (Å²) in [5.74, 6) is 1.86. The number of rotatable bonds is 2. The van der Waals surface area contributed by atoms with Crippen LogP contribution < -0.4 is 10.5 Å². The van der Waals surface area contributed by atoms with Crippen LogP contribution in [0.2, 0.25) is 0 Å². The zero-order chi connectivity index (χ0) is 12.5. The van der Waals surface area contributed by atoms with Crippen LogP contribution in [0.1, 0.15) is 56.2 Å². The lowest BCUT2D eigenvalue weighted by atomic mass is 9.89. The van der Waals surface area contributed by atoms with Gasteiger partial charge in [0.2, 0.25) is 0 Å². The molecule has 0 radical (unpaired) electrons. The van der Waals surface area contributed by atoms with Crippen LogP contribution in [0.25, 0.3) is 0 Å². The third-order valence-electron chi connectivity index (χ3n) is 4.43. The normalized spacial score (nSPS) is 31.1. The minimum Gasteiger partial charge on any atom is -0.490 e. The van der Waals surface area contributed by atoms with E-state index in [0.717, 1.165) is 24.5 Å². The number of benzene rings is 1. The molecule has 3 unspecified atom stereocenters. The van der Waals surface area contributed by atoms with Gasteiger partial charge in [-0.05, 0) is 61.3 Å².